The van der Waals surface area contributed by atoms with Crippen LogP contribution in [0.4, 0.5) is 16.2 Å². The lowest BCUT2D eigenvalue weighted by Gasteiger charge is -2.21. The van der Waals surface area contributed by atoms with Crippen molar-refractivity contribution in [1.82, 2.24) is 4.90 Å². The van der Waals surface area contributed by atoms with Crippen molar-refractivity contribution in [1.29, 1.82) is 0 Å². The van der Waals surface area contributed by atoms with Gasteiger partial charge in [0.25, 0.3) is 5.91 Å². The molecule has 1 N–H and O–H groups in total. The number of thiophene rings is 1. The van der Waals surface area contributed by atoms with E-state index in [1.165, 1.54) is 16.2 Å². The molecule has 1 saturated heterocycles. The van der Waals surface area contributed by atoms with E-state index < -0.39 is 18.0 Å². The van der Waals surface area contributed by atoms with Gasteiger partial charge in [-0.1, -0.05) is 6.07 Å². The first-order valence-corrected chi connectivity index (χ1v) is 11.7. The van der Waals surface area contributed by atoms with Gasteiger partial charge in [0.05, 0.1) is 32.4 Å². The molecule has 1 aromatic heterocycles. The van der Waals surface area contributed by atoms with Gasteiger partial charge in [0.15, 0.2) is 0 Å². The highest BCUT2D eigenvalue weighted by molar-refractivity contribution is 7.09. The number of hydrogen-bond donors (Lipinski definition) is 1. The van der Waals surface area contributed by atoms with Crippen LogP contribution in [0.5, 0.6) is 11.5 Å². The van der Waals surface area contributed by atoms with Crippen molar-refractivity contribution >= 4 is 40.6 Å². The van der Waals surface area contributed by atoms with Crippen molar-refractivity contribution in [2.75, 3.05) is 23.9 Å². The Bertz CT molecular complexity index is 1150. The van der Waals surface area contributed by atoms with E-state index in [-0.39, 0.29) is 18.9 Å². The van der Waals surface area contributed by atoms with Gasteiger partial charge in [-0.2, -0.15) is 0 Å². The van der Waals surface area contributed by atoms with Gasteiger partial charge in [-0.05, 0) is 66.9 Å². The predicted octanol–water partition coefficient (Wildman–Crippen LogP) is 4.52. The first-order chi connectivity index (χ1) is 16.5. The van der Waals surface area contributed by atoms with Gasteiger partial charge >= 0.3 is 6.03 Å². The standard InChI is InChI=1S/C25H25N3O5S/c1-3-33-20-10-6-17(7-11-20)26-23(29)15-22-24(30)28(18-8-12-19(32-2)13-9-18)25(31)27(22)16-21-5-4-14-34-21/h4-14,22H,3,15-16H2,1-2H3,(H,26,29)/t22-/m0/s1. The minimum Gasteiger partial charge on any atom is -0.497 e. The van der Waals surface area contributed by atoms with Gasteiger partial charge in [-0.15, -0.1) is 11.3 Å². The predicted molar refractivity (Wildman–Crippen MR) is 130 cm³/mol. The molecule has 1 aliphatic heterocycles. The number of imide groups is 1. The smallest absolute Gasteiger partial charge is 0.332 e. The maximum Gasteiger partial charge on any atom is 0.332 e. The van der Waals surface area contributed by atoms with E-state index in [1.807, 2.05) is 24.4 Å². The molecular weight excluding hydrogens is 454 g/mol. The zero-order chi connectivity index (χ0) is 24.1. The van der Waals surface area contributed by atoms with Crippen LogP contribution in [0.1, 0.15) is 18.2 Å². The van der Waals surface area contributed by atoms with Crippen LogP contribution < -0.4 is 19.7 Å². The fourth-order valence-electron chi connectivity index (χ4n) is 3.74. The maximum atomic E-state index is 13.4. The lowest BCUT2D eigenvalue weighted by atomic mass is 10.1. The average Bonchev–Trinajstić information content (AvgIpc) is 3.43. The Balaban J connectivity index is 1.53. The number of anilines is 2. The molecule has 0 saturated carbocycles. The van der Waals surface area contributed by atoms with Crippen LogP contribution in [0.25, 0.3) is 0 Å². The van der Waals surface area contributed by atoms with Crippen molar-refractivity contribution in [2.24, 2.45) is 0 Å². The highest BCUT2D eigenvalue weighted by Crippen LogP contribution is 2.30. The first kappa shape index (κ1) is 23.3. The summed E-state index contributed by atoms with van der Waals surface area (Å²) in [6.07, 6.45) is -0.157. The number of carbonyl (C=O) groups excluding carboxylic acids is 3. The number of methoxy groups -OCH3 is 1. The number of nitrogens with one attached hydrogen (secondary N) is 1. The second-order valence-corrected chi connectivity index (χ2v) is 8.62. The van der Waals surface area contributed by atoms with Crippen molar-refractivity contribution < 1.29 is 23.9 Å². The molecule has 9 heteroatoms. The molecule has 0 unspecified atom stereocenters. The highest BCUT2D eigenvalue weighted by atomic mass is 32.1. The molecule has 1 fully saturated rings. The van der Waals surface area contributed by atoms with Crippen LogP contribution in [0.15, 0.2) is 66.0 Å². The third-order valence-corrected chi connectivity index (χ3v) is 6.24. The molecule has 2 aromatic carbocycles. The van der Waals surface area contributed by atoms with Crippen LogP contribution in [-0.4, -0.2) is 42.5 Å². The molecule has 3 aromatic rings. The summed E-state index contributed by atoms with van der Waals surface area (Å²) in [6.45, 7) is 2.69. The minimum absolute atomic E-state index is 0.157. The van der Waals surface area contributed by atoms with E-state index in [0.29, 0.717) is 29.5 Å². The Hall–Kier alpha value is -3.85. The number of nitrogens with zero attached hydrogens (tertiary/aromatic N) is 2. The molecule has 8 nitrogen and oxygen atoms in total. The van der Waals surface area contributed by atoms with Gasteiger partial charge in [-0.3, -0.25) is 9.59 Å². The summed E-state index contributed by atoms with van der Waals surface area (Å²) in [5.41, 5.74) is 1.02. The lowest BCUT2D eigenvalue weighted by molar-refractivity contribution is -0.124. The summed E-state index contributed by atoms with van der Waals surface area (Å²) >= 11 is 1.49. The molecule has 4 rings (SSSR count). The molecule has 176 valence electrons. The fraction of sp³-hybridized carbons (Fsp3) is 0.240. The fourth-order valence-corrected chi connectivity index (χ4v) is 4.44. The zero-order valence-electron chi connectivity index (χ0n) is 18.9. The number of amides is 4. The summed E-state index contributed by atoms with van der Waals surface area (Å²) in [4.78, 5) is 43.0. The van der Waals surface area contributed by atoms with Crippen LogP contribution in [-0.2, 0) is 16.1 Å². The average molecular weight is 480 g/mol. The summed E-state index contributed by atoms with van der Waals surface area (Å²) in [5, 5.41) is 4.71. The van der Waals surface area contributed by atoms with Crippen molar-refractivity contribution in [3.8, 4) is 11.5 Å². The zero-order valence-corrected chi connectivity index (χ0v) is 19.7. The molecule has 4 amide bonds. The lowest BCUT2D eigenvalue weighted by Crippen LogP contribution is -2.37. The van der Waals surface area contributed by atoms with E-state index >= 15 is 0 Å². The van der Waals surface area contributed by atoms with Crippen LogP contribution in [0.2, 0.25) is 0 Å². The molecule has 0 spiro atoms. The summed E-state index contributed by atoms with van der Waals surface area (Å²) in [7, 11) is 1.54. The largest absolute Gasteiger partial charge is 0.497 e. The SMILES string of the molecule is CCOc1ccc(NC(=O)C[C@H]2C(=O)N(c3ccc(OC)cc3)C(=O)N2Cc2cccs2)cc1. The molecule has 2 heterocycles. The monoisotopic (exact) mass is 479 g/mol. The van der Waals surface area contributed by atoms with Gasteiger partial charge < -0.3 is 19.7 Å². The normalized spacial score (nSPS) is 15.5. The second kappa shape index (κ2) is 10.4. The first-order valence-electron chi connectivity index (χ1n) is 10.8. The summed E-state index contributed by atoms with van der Waals surface area (Å²) < 4.78 is 10.6. The highest BCUT2D eigenvalue weighted by Gasteiger charge is 2.46. The molecule has 0 radical (unpaired) electrons. The molecule has 0 aliphatic carbocycles. The van der Waals surface area contributed by atoms with Crippen LogP contribution in [0.3, 0.4) is 0 Å². The molecule has 1 atom stereocenters. The Kier molecular flexibility index (Phi) is 7.12. The minimum atomic E-state index is -0.917. The van der Waals surface area contributed by atoms with Gasteiger partial charge in [0, 0.05) is 10.6 Å². The number of ether oxygens (including phenoxy) is 2. The van der Waals surface area contributed by atoms with Crippen LogP contribution in [0, 0.1) is 0 Å². The quantitative estimate of drug-likeness (QED) is 0.456. The molecule has 34 heavy (non-hydrogen) atoms. The van der Waals surface area contributed by atoms with Gasteiger partial charge in [0.2, 0.25) is 5.91 Å². The number of rotatable bonds is 9. The second-order valence-electron chi connectivity index (χ2n) is 7.59. The molecule has 1 aliphatic rings. The molecular formula is C25H25N3O5S. The van der Waals surface area contributed by atoms with Crippen LogP contribution >= 0.6 is 11.3 Å². The van der Waals surface area contributed by atoms with E-state index in [0.717, 1.165) is 9.78 Å². The van der Waals surface area contributed by atoms with E-state index in [9.17, 15) is 14.4 Å². The Labute approximate surface area is 201 Å². The Morgan fingerprint density at radius 2 is 1.74 bits per heavy atom. The van der Waals surface area contributed by atoms with Gasteiger partial charge in [0.1, 0.15) is 17.5 Å². The van der Waals surface area contributed by atoms with Crippen molar-refractivity contribution in [3.05, 3.63) is 70.9 Å². The van der Waals surface area contributed by atoms with Gasteiger partial charge in [-0.25, -0.2) is 9.69 Å². The number of benzene rings is 2. The van der Waals surface area contributed by atoms with Crippen molar-refractivity contribution in [2.45, 2.75) is 25.9 Å². The summed E-state index contributed by atoms with van der Waals surface area (Å²) in [6, 6.07) is 16.1. The van der Waals surface area contributed by atoms with E-state index in [4.69, 9.17) is 9.47 Å². The number of urea groups is 1. The van der Waals surface area contributed by atoms with Crippen molar-refractivity contribution in [3.63, 3.8) is 0 Å². The maximum absolute atomic E-state index is 13.4. The Morgan fingerprint density at radius 3 is 2.35 bits per heavy atom. The number of hydrogen-bond acceptors (Lipinski definition) is 6. The van der Waals surface area contributed by atoms with E-state index in [1.54, 1.807) is 55.6 Å². The third-order valence-electron chi connectivity index (χ3n) is 5.38. The molecule has 0 bridgehead atoms. The Morgan fingerprint density at radius 1 is 1.03 bits per heavy atom. The number of carbonyl (C=O) groups is 3. The van der Waals surface area contributed by atoms with E-state index in [2.05, 4.69) is 5.32 Å². The third kappa shape index (κ3) is 5.04. The topological polar surface area (TPSA) is 88.2 Å². The summed E-state index contributed by atoms with van der Waals surface area (Å²) in [5.74, 6) is 0.524.